The van der Waals surface area contributed by atoms with Gasteiger partial charge in [-0.3, -0.25) is 4.79 Å². The molecule has 9 heteroatoms. The molecule has 25 heavy (non-hydrogen) atoms. The van der Waals surface area contributed by atoms with E-state index in [1.165, 1.54) is 11.3 Å². The van der Waals surface area contributed by atoms with Crippen LogP contribution in [0.2, 0.25) is 0 Å². The van der Waals surface area contributed by atoms with Crippen LogP contribution in [0.4, 0.5) is 5.13 Å². The van der Waals surface area contributed by atoms with Gasteiger partial charge in [0, 0.05) is 10.4 Å². The molecule has 0 aliphatic rings. The Morgan fingerprint density at radius 1 is 1.20 bits per heavy atom. The van der Waals surface area contributed by atoms with Crippen LogP contribution < -0.4 is 10.9 Å². The minimum atomic E-state index is -0.0679. The first kappa shape index (κ1) is 18.3. The van der Waals surface area contributed by atoms with E-state index in [9.17, 15) is 4.79 Å². The average molecular weight is 396 g/mol. The third-order valence-electron chi connectivity index (χ3n) is 3.61. The summed E-state index contributed by atoms with van der Waals surface area (Å²) in [5.74, 6) is 0.671. The Balaban J connectivity index is 1.83. The van der Waals surface area contributed by atoms with Gasteiger partial charge in [-0.05, 0) is 47.1 Å². The molecule has 0 aliphatic carbocycles. The third kappa shape index (κ3) is 4.04. The number of aromatic nitrogens is 4. The van der Waals surface area contributed by atoms with Crippen molar-refractivity contribution in [3.63, 3.8) is 0 Å². The van der Waals surface area contributed by atoms with Crippen LogP contribution in [0.3, 0.4) is 0 Å². The molecule has 3 aromatic rings. The Labute approximate surface area is 158 Å². The largest absolute Gasteiger partial charge is 0.355 e. The second kappa shape index (κ2) is 6.69. The van der Waals surface area contributed by atoms with Gasteiger partial charge in [0.2, 0.25) is 5.13 Å². The fraction of sp³-hybridized carbons (Fsp3) is 0.500. The molecule has 6 nitrogen and oxygen atoms in total. The standard InChI is InChI=1S/C16H21N5OS3/c1-7-8(2)23-13-10(7)12(22)17-11(18-13)9(3)24-15-21-20-14(25-15)19-16(4,5)6/h9H,1-6H3,(H,19,20)(H,17,18,22). The van der Waals surface area contributed by atoms with E-state index in [1.807, 2.05) is 20.8 Å². The first-order valence-electron chi connectivity index (χ1n) is 7.92. The van der Waals surface area contributed by atoms with Crippen molar-refractivity contribution in [3.05, 3.63) is 26.6 Å². The number of H-pyrrole nitrogens is 1. The van der Waals surface area contributed by atoms with Crippen LogP contribution in [-0.2, 0) is 0 Å². The van der Waals surface area contributed by atoms with Gasteiger partial charge in [0.1, 0.15) is 10.7 Å². The van der Waals surface area contributed by atoms with Crippen LogP contribution >= 0.6 is 34.4 Å². The molecule has 3 rings (SSSR count). The number of thiophene rings is 1. The average Bonchev–Trinajstić information content (AvgIpc) is 3.02. The number of hydrogen-bond acceptors (Lipinski definition) is 8. The Kier molecular flexibility index (Phi) is 4.91. The zero-order valence-corrected chi connectivity index (χ0v) is 17.5. The highest BCUT2D eigenvalue weighted by Crippen LogP contribution is 2.37. The van der Waals surface area contributed by atoms with Gasteiger partial charge >= 0.3 is 0 Å². The highest BCUT2D eigenvalue weighted by Gasteiger charge is 2.19. The summed E-state index contributed by atoms with van der Waals surface area (Å²) in [7, 11) is 0. The van der Waals surface area contributed by atoms with Gasteiger partial charge in [0.15, 0.2) is 4.34 Å². The minimum Gasteiger partial charge on any atom is -0.355 e. The molecular formula is C16H21N5OS3. The molecule has 0 saturated heterocycles. The Hall–Kier alpha value is -1.45. The third-order valence-corrected chi connectivity index (χ3v) is 6.74. The van der Waals surface area contributed by atoms with Crippen LogP contribution in [-0.4, -0.2) is 25.7 Å². The Bertz CT molecular complexity index is 966. The molecule has 0 aliphatic heterocycles. The molecule has 0 fully saturated rings. The predicted octanol–water partition coefficient (Wildman–Crippen LogP) is 4.52. The number of anilines is 1. The summed E-state index contributed by atoms with van der Waals surface area (Å²) < 4.78 is 0.848. The molecule has 0 bridgehead atoms. The van der Waals surface area contributed by atoms with Crippen molar-refractivity contribution in [1.82, 2.24) is 20.2 Å². The molecule has 1 unspecified atom stereocenters. The van der Waals surface area contributed by atoms with E-state index in [0.29, 0.717) is 11.2 Å². The number of aromatic amines is 1. The first-order chi connectivity index (χ1) is 11.6. The summed E-state index contributed by atoms with van der Waals surface area (Å²) in [4.78, 5) is 21.9. The molecule has 0 aromatic carbocycles. The van der Waals surface area contributed by atoms with Crippen molar-refractivity contribution in [2.24, 2.45) is 0 Å². The molecule has 0 amide bonds. The summed E-state index contributed by atoms with van der Waals surface area (Å²) in [5, 5.41) is 13.2. The maximum absolute atomic E-state index is 12.4. The van der Waals surface area contributed by atoms with Crippen molar-refractivity contribution in [2.45, 2.75) is 56.7 Å². The summed E-state index contributed by atoms with van der Waals surface area (Å²) in [6.07, 6.45) is 0. The maximum atomic E-state index is 12.4. The second-order valence-electron chi connectivity index (χ2n) is 6.92. The summed E-state index contributed by atoms with van der Waals surface area (Å²) in [5.41, 5.74) is 0.893. The normalized spacial score (nSPS) is 13.4. The molecule has 1 atom stereocenters. The lowest BCUT2D eigenvalue weighted by Gasteiger charge is -2.18. The fourth-order valence-corrected chi connectivity index (χ4v) is 5.50. The molecule has 3 heterocycles. The predicted molar refractivity (Wildman–Crippen MR) is 107 cm³/mol. The zero-order chi connectivity index (χ0) is 18.4. The van der Waals surface area contributed by atoms with Crippen LogP contribution in [0.5, 0.6) is 0 Å². The lowest BCUT2D eigenvalue weighted by molar-refractivity contribution is 0.631. The van der Waals surface area contributed by atoms with Crippen LogP contribution in [0.25, 0.3) is 10.2 Å². The van der Waals surface area contributed by atoms with Gasteiger partial charge in [-0.2, -0.15) is 0 Å². The summed E-state index contributed by atoms with van der Waals surface area (Å²) >= 11 is 4.62. The number of hydrogen-bond donors (Lipinski definition) is 2. The van der Waals surface area contributed by atoms with E-state index in [0.717, 1.165) is 24.7 Å². The van der Waals surface area contributed by atoms with Crippen molar-refractivity contribution >= 4 is 49.8 Å². The monoisotopic (exact) mass is 395 g/mol. The number of nitrogens with zero attached hydrogens (tertiary/aromatic N) is 3. The van der Waals surface area contributed by atoms with E-state index in [1.54, 1.807) is 23.1 Å². The minimum absolute atomic E-state index is 0.0183. The van der Waals surface area contributed by atoms with Crippen molar-refractivity contribution < 1.29 is 0 Å². The second-order valence-corrected chi connectivity index (χ2v) is 10.7. The molecule has 0 radical (unpaired) electrons. The van der Waals surface area contributed by atoms with Crippen LogP contribution in [0.15, 0.2) is 9.13 Å². The van der Waals surface area contributed by atoms with E-state index >= 15 is 0 Å². The van der Waals surface area contributed by atoms with Gasteiger partial charge in [0.05, 0.1) is 10.6 Å². The number of nitrogens with one attached hydrogen (secondary N) is 2. The van der Waals surface area contributed by atoms with Crippen molar-refractivity contribution in [2.75, 3.05) is 5.32 Å². The van der Waals surface area contributed by atoms with E-state index in [-0.39, 0.29) is 16.3 Å². The smallest absolute Gasteiger partial charge is 0.259 e. The molecule has 0 spiro atoms. The molecule has 2 N–H and O–H groups in total. The van der Waals surface area contributed by atoms with Crippen LogP contribution in [0.1, 0.15) is 49.2 Å². The SMILES string of the molecule is Cc1sc2nc(C(C)Sc3nnc(NC(C)(C)C)s3)[nH]c(=O)c2c1C. The van der Waals surface area contributed by atoms with Gasteiger partial charge in [0.25, 0.3) is 5.56 Å². The maximum Gasteiger partial charge on any atom is 0.259 e. The lowest BCUT2D eigenvalue weighted by Crippen LogP contribution is -2.25. The quantitative estimate of drug-likeness (QED) is 0.632. The first-order valence-corrected chi connectivity index (χ1v) is 10.4. The van der Waals surface area contributed by atoms with Crippen molar-refractivity contribution in [1.29, 1.82) is 0 Å². The van der Waals surface area contributed by atoms with Crippen molar-refractivity contribution in [3.8, 4) is 0 Å². The number of fused-ring (bicyclic) bond motifs is 1. The van der Waals surface area contributed by atoms with E-state index in [2.05, 4.69) is 46.3 Å². The molecular weight excluding hydrogens is 374 g/mol. The molecule has 134 valence electrons. The van der Waals surface area contributed by atoms with Gasteiger partial charge in [-0.15, -0.1) is 21.5 Å². The number of aryl methyl sites for hydroxylation is 2. The lowest BCUT2D eigenvalue weighted by atomic mass is 10.1. The number of rotatable bonds is 4. The zero-order valence-electron chi connectivity index (χ0n) is 15.1. The Morgan fingerprint density at radius 2 is 1.92 bits per heavy atom. The number of thioether (sulfide) groups is 1. The van der Waals surface area contributed by atoms with Gasteiger partial charge in [-0.25, -0.2) is 4.98 Å². The van der Waals surface area contributed by atoms with Crippen LogP contribution in [0, 0.1) is 13.8 Å². The van der Waals surface area contributed by atoms with E-state index in [4.69, 9.17) is 0 Å². The Morgan fingerprint density at radius 3 is 2.60 bits per heavy atom. The van der Waals surface area contributed by atoms with Gasteiger partial charge in [-0.1, -0.05) is 23.1 Å². The summed E-state index contributed by atoms with van der Waals surface area (Å²) in [6, 6.07) is 0. The molecule has 0 saturated carbocycles. The summed E-state index contributed by atoms with van der Waals surface area (Å²) in [6.45, 7) is 12.2. The highest BCUT2D eigenvalue weighted by molar-refractivity contribution is 8.01. The van der Waals surface area contributed by atoms with E-state index < -0.39 is 0 Å². The molecule has 3 aromatic heterocycles. The topological polar surface area (TPSA) is 83.6 Å². The fourth-order valence-electron chi connectivity index (χ4n) is 2.30. The highest BCUT2D eigenvalue weighted by atomic mass is 32.2. The van der Waals surface area contributed by atoms with Gasteiger partial charge < -0.3 is 10.3 Å².